The molecule has 1 atom stereocenters. The molecule has 0 rings (SSSR count). The molecule has 98 valence electrons. The van der Waals surface area contributed by atoms with Gasteiger partial charge in [0.25, 0.3) is 0 Å². The first-order valence-corrected chi connectivity index (χ1v) is 7.17. The predicted octanol–water partition coefficient (Wildman–Crippen LogP) is 3.19. The van der Waals surface area contributed by atoms with Crippen LogP contribution in [0.25, 0.3) is 0 Å². The molecule has 0 aliphatic heterocycles. The summed E-state index contributed by atoms with van der Waals surface area (Å²) in [5.41, 5.74) is 0. The molecule has 0 spiro atoms. The highest BCUT2D eigenvalue weighted by atomic mass is 16.3. The van der Waals surface area contributed by atoms with Crippen molar-refractivity contribution in [3.05, 3.63) is 0 Å². The number of nitrogens with zero attached hydrogens (tertiary/aromatic N) is 1. The van der Waals surface area contributed by atoms with Crippen molar-refractivity contribution in [1.82, 2.24) is 0 Å². The van der Waals surface area contributed by atoms with Crippen LogP contribution >= 0.6 is 0 Å². The lowest BCUT2D eigenvalue weighted by Crippen LogP contribution is -2.51. The number of unbranched alkanes of at least 4 members (excludes halogenated alkanes) is 3. The minimum atomic E-state index is -0.100. The second kappa shape index (κ2) is 9.00. The van der Waals surface area contributed by atoms with E-state index in [1.54, 1.807) is 0 Å². The highest BCUT2D eigenvalue weighted by molar-refractivity contribution is 4.56. The minimum Gasteiger partial charge on any atom is -0.387 e. The van der Waals surface area contributed by atoms with E-state index >= 15 is 0 Å². The standard InChI is InChI=1S/C14H32NO/c1-5-9-10-11-12-14(16)13-15(6-2,7-3)8-4/h14,16H,5-13H2,1-4H3/q+1. The Morgan fingerprint density at radius 3 is 1.88 bits per heavy atom. The molecule has 0 radical (unpaired) electrons. The molecule has 0 aliphatic rings. The van der Waals surface area contributed by atoms with E-state index in [1.807, 2.05) is 0 Å². The zero-order valence-electron chi connectivity index (χ0n) is 11.8. The lowest BCUT2D eigenvalue weighted by molar-refractivity contribution is -0.926. The predicted molar refractivity (Wildman–Crippen MR) is 71.5 cm³/mol. The summed E-state index contributed by atoms with van der Waals surface area (Å²) in [6.45, 7) is 13.3. The van der Waals surface area contributed by atoms with Gasteiger partial charge in [0.1, 0.15) is 12.6 Å². The fraction of sp³-hybridized carbons (Fsp3) is 1.00. The Morgan fingerprint density at radius 2 is 1.44 bits per heavy atom. The SMILES string of the molecule is CCCCCCC(O)C[N+](CC)(CC)CC. The zero-order chi connectivity index (χ0) is 12.4. The van der Waals surface area contributed by atoms with Crippen molar-refractivity contribution in [3.8, 4) is 0 Å². The van der Waals surface area contributed by atoms with Gasteiger partial charge in [-0.15, -0.1) is 0 Å². The normalized spacial score (nSPS) is 14.1. The van der Waals surface area contributed by atoms with Gasteiger partial charge in [0.2, 0.25) is 0 Å². The molecule has 0 aliphatic carbocycles. The molecule has 0 aromatic carbocycles. The molecule has 0 aromatic rings. The molecule has 0 aromatic heterocycles. The van der Waals surface area contributed by atoms with Gasteiger partial charge in [0, 0.05) is 0 Å². The number of aliphatic hydroxyl groups excluding tert-OH is 1. The third kappa shape index (κ3) is 5.86. The largest absolute Gasteiger partial charge is 0.387 e. The molecule has 2 heteroatoms. The van der Waals surface area contributed by atoms with Crippen molar-refractivity contribution in [2.45, 2.75) is 65.9 Å². The van der Waals surface area contributed by atoms with E-state index in [9.17, 15) is 5.11 Å². The van der Waals surface area contributed by atoms with Crippen LogP contribution in [0.15, 0.2) is 0 Å². The highest BCUT2D eigenvalue weighted by Gasteiger charge is 2.24. The highest BCUT2D eigenvalue weighted by Crippen LogP contribution is 2.12. The van der Waals surface area contributed by atoms with E-state index in [1.165, 1.54) is 25.7 Å². The molecule has 0 saturated heterocycles. The van der Waals surface area contributed by atoms with Crippen LogP contribution in [0.5, 0.6) is 0 Å². The Hall–Kier alpha value is -0.0800. The molecular formula is C14H32NO+. The van der Waals surface area contributed by atoms with E-state index in [0.717, 1.165) is 37.1 Å². The van der Waals surface area contributed by atoms with Crippen LogP contribution in [0.4, 0.5) is 0 Å². The van der Waals surface area contributed by atoms with Crippen molar-refractivity contribution in [2.24, 2.45) is 0 Å². The molecular weight excluding hydrogens is 198 g/mol. The third-order valence-corrected chi connectivity index (χ3v) is 4.00. The summed E-state index contributed by atoms with van der Waals surface area (Å²) in [7, 11) is 0. The van der Waals surface area contributed by atoms with Gasteiger partial charge in [-0.2, -0.15) is 0 Å². The second-order valence-electron chi connectivity index (χ2n) is 4.98. The number of quaternary nitrogens is 1. The Morgan fingerprint density at radius 1 is 0.875 bits per heavy atom. The number of rotatable bonds is 10. The van der Waals surface area contributed by atoms with Crippen LogP contribution in [-0.2, 0) is 0 Å². The minimum absolute atomic E-state index is 0.100. The van der Waals surface area contributed by atoms with E-state index in [-0.39, 0.29) is 6.10 Å². The van der Waals surface area contributed by atoms with Crippen LogP contribution in [0, 0.1) is 0 Å². The quantitative estimate of drug-likeness (QED) is 0.451. The number of likely N-dealkylation sites (N-methyl/N-ethyl adjacent to an activating group) is 1. The zero-order valence-corrected chi connectivity index (χ0v) is 11.8. The van der Waals surface area contributed by atoms with Crippen molar-refractivity contribution in [3.63, 3.8) is 0 Å². The molecule has 1 unspecified atom stereocenters. The van der Waals surface area contributed by atoms with Gasteiger partial charge < -0.3 is 9.59 Å². The summed E-state index contributed by atoms with van der Waals surface area (Å²) in [4.78, 5) is 0. The van der Waals surface area contributed by atoms with E-state index in [4.69, 9.17) is 0 Å². The van der Waals surface area contributed by atoms with Gasteiger partial charge >= 0.3 is 0 Å². The second-order valence-corrected chi connectivity index (χ2v) is 4.98. The van der Waals surface area contributed by atoms with Gasteiger partial charge in [-0.1, -0.05) is 32.6 Å². The molecule has 2 nitrogen and oxygen atoms in total. The monoisotopic (exact) mass is 230 g/mol. The fourth-order valence-corrected chi connectivity index (χ4v) is 2.40. The maximum Gasteiger partial charge on any atom is 0.105 e. The van der Waals surface area contributed by atoms with Crippen molar-refractivity contribution in [1.29, 1.82) is 0 Å². The first-order valence-electron chi connectivity index (χ1n) is 7.17. The van der Waals surface area contributed by atoms with Crippen LogP contribution in [0.3, 0.4) is 0 Å². The summed E-state index contributed by atoms with van der Waals surface area (Å²) >= 11 is 0. The van der Waals surface area contributed by atoms with Crippen molar-refractivity contribution >= 4 is 0 Å². The summed E-state index contributed by atoms with van der Waals surface area (Å²) in [5, 5.41) is 10.1. The maximum atomic E-state index is 10.1. The Kier molecular flexibility index (Phi) is 8.96. The molecule has 16 heavy (non-hydrogen) atoms. The molecule has 0 amide bonds. The summed E-state index contributed by atoms with van der Waals surface area (Å²) in [5.74, 6) is 0. The molecule has 0 fully saturated rings. The Bertz CT molecular complexity index is 147. The van der Waals surface area contributed by atoms with Crippen molar-refractivity contribution < 1.29 is 9.59 Å². The lowest BCUT2D eigenvalue weighted by Gasteiger charge is -2.37. The number of hydrogen-bond donors (Lipinski definition) is 1. The van der Waals surface area contributed by atoms with Crippen LogP contribution in [-0.4, -0.2) is 41.9 Å². The number of hydrogen-bond acceptors (Lipinski definition) is 1. The smallest absolute Gasteiger partial charge is 0.105 e. The first-order chi connectivity index (χ1) is 7.64. The molecule has 0 heterocycles. The van der Waals surface area contributed by atoms with Gasteiger partial charge in [-0.3, -0.25) is 0 Å². The van der Waals surface area contributed by atoms with Crippen LogP contribution in [0.1, 0.15) is 59.8 Å². The lowest BCUT2D eigenvalue weighted by atomic mass is 10.1. The van der Waals surface area contributed by atoms with Crippen LogP contribution < -0.4 is 0 Å². The Balaban J connectivity index is 3.86. The fourth-order valence-electron chi connectivity index (χ4n) is 2.40. The van der Waals surface area contributed by atoms with Gasteiger partial charge in [-0.05, 0) is 27.2 Å². The summed E-state index contributed by atoms with van der Waals surface area (Å²) < 4.78 is 1.06. The van der Waals surface area contributed by atoms with E-state index in [0.29, 0.717) is 0 Å². The topological polar surface area (TPSA) is 20.2 Å². The summed E-state index contributed by atoms with van der Waals surface area (Å²) in [6.07, 6.45) is 5.93. The molecule has 0 bridgehead atoms. The maximum absolute atomic E-state index is 10.1. The molecule has 1 N–H and O–H groups in total. The average molecular weight is 230 g/mol. The third-order valence-electron chi connectivity index (χ3n) is 4.00. The van der Waals surface area contributed by atoms with Gasteiger partial charge in [0.15, 0.2) is 0 Å². The first kappa shape index (κ1) is 15.9. The average Bonchev–Trinajstić information content (AvgIpc) is 2.32. The van der Waals surface area contributed by atoms with Gasteiger partial charge in [-0.25, -0.2) is 0 Å². The van der Waals surface area contributed by atoms with Gasteiger partial charge in [0.05, 0.1) is 19.6 Å². The molecule has 0 saturated carbocycles. The van der Waals surface area contributed by atoms with E-state index in [2.05, 4.69) is 27.7 Å². The van der Waals surface area contributed by atoms with E-state index < -0.39 is 0 Å². The van der Waals surface area contributed by atoms with Crippen molar-refractivity contribution in [2.75, 3.05) is 26.2 Å². The number of aliphatic hydroxyl groups is 1. The van der Waals surface area contributed by atoms with Crippen LogP contribution in [0.2, 0.25) is 0 Å². The Labute approximate surface area is 102 Å². The summed E-state index contributed by atoms with van der Waals surface area (Å²) in [6, 6.07) is 0.